The molecule has 0 unspecified atom stereocenters. The van der Waals surface area contributed by atoms with Crippen molar-refractivity contribution in [2.75, 3.05) is 13.2 Å². The van der Waals surface area contributed by atoms with Gasteiger partial charge in [-0.15, -0.1) is 0 Å². The van der Waals surface area contributed by atoms with Crippen LogP contribution in [-0.4, -0.2) is 69.6 Å². The molecule has 33 heavy (non-hydrogen) atoms. The number of carbonyl (C=O) groups excluding carboxylic acids is 2. The summed E-state index contributed by atoms with van der Waals surface area (Å²) in [5.41, 5.74) is -1.19. The molecular formula is C25H46N2O6. The number of ether oxygens (including phenoxy) is 2. The molecule has 0 atom stereocenters. The molecule has 0 N–H and O–H groups in total. The van der Waals surface area contributed by atoms with E-state index in [0.717, 1.165) is 0 Å². The van der Waals surface area contributed by atoms with Crippen LogP contribution in [0.1, 0.15) is 101 Å². The number of nitrogens with zero attached hydrogens (tertiary/aromatic N) is 2. The maximum Gasteiger partial charge on any atom is 0.317 e. The predicted octanol–water partition coefficient (Wildman–Crippen LogP) is 4.41. The van der Waals surface area contributed by atoms with Crippen molar-refractivity contribution in [3.05, 3.63) is 0 Å². The van der Waals surface area contributed by atoms with Crippen molar-refractivity contribution in [2.45, 2.75) is 136 Å². The van der Waals surface area contributed by atoms with Crippen LogP contribution in [0, 0.1) is 0 Å². The van der Waals surface area contributed by atoms with Crippen LogP contribution in [0.4, 0.5) is 0 Å². The van der Waals surface area contributed by atoms with Gasteiger partial charge in [0.05, 0.1) is 13.2 Å². The summed E-state index contributed by atoms with van der Waals surface area (Å²) < 4.78 is 11.5. The second-order valence-electron chi connectivity index (χ2n) is 11.9. The van der Waals surface area contributed by atoms with E-state index < -0.39 is 11.9 Å². The van der Waals surface area contributed by atoms with Crippen molar-refractivity contribution in [2.24, 2.45) is 0 Å². The van der Waals surface area contributed by atoms with Gasteiger partial charge in [-0.3, -0.25) is 19.3 Å². The van der Waals surface area contributed by atoms with Gasteiger partial charge >= 0.3 is 11.9 Å². The fourth-order valence-corrected chi connectivity index (χ4v) is 6.04. The van der Waals surface area contributed by atoms with Crippen molar-refractivity contribution < 1.29 is 28.7 Å². The third-order valence-electron chi connectivity index (χ3n) is 6.51. The maximum absolute atomic E-state index is 12.6. The van der Waals surface area contributed by atoms with E-state index in [9.17, 15) is 9.59 Å². The van der Waals surface area contributed by atoms with E-state index in [1.54, 1.807) is 0 Å². The molecule has 0 radical (unpaired) electrons. The Hall–Kier alpha value is -1.22. The lowest BCUT2D eigenvalue weighted by Gasteiger charge is -2.53. The van der Waals surface area contributed by atoms with Crippen molar-refractivity contribution >= 4 is 11.9 Å². The van der Waals surface area contributed by atoms with E-state index in [0.29, 0.717) is 38.9 Å². The SMILES string of the molecule is CCON1C(C)(C)CC(OC(=O)CC(=O)OC2CC(C)(C)N(OCC)C(C)(C)C2)CC1(C)C. The Labute approximate surface area is 200 Å². The molecule has 0 amide bonds. The van der Waals surface area contributed by atoms with Crippen LogP contribution in [0.25, 0.3) is 0 Å². The molecule has 2 aliphatic rings. The van der Waals surface area contributed by atoms with Crippen molar-refractivity contribution in [1.29, 1.82) is 0 Å². The molecule has 2 fully saturated rings. The minimum atomic E-state index is -0.535. The monoisotopic (exact) mass is 470 g/mol. The molecule has 2 rings (SSSR count). The topological polar surface area (TPSA) is 77.5 Å². The van der Waals surface area contributed by atoms with Crippen LogP contribution in [-0.2, 0) is 28.7 Å². The molecule has 2 aliphatic heterocycles. The first-order valence-corrected chi connectivity index (χ1v) is 12.3. The number of hydrogen-bond donors (Lipinski definition) is 0. The highest BCUT2D eigenvalue weighted by Gasteiger charge is 2.49. The average molecular weight is 471 g/mol. The Balaban J connectivity index is 1.93. The van der Waals surface area contributed by atoms with E-state index in [4.69, 9.17) is 19.1 Å². The van der Waals surface area contributed by atoms with Gasteiger partial charge in [0.15, 0.2) is 0 Å². The molecule has 0 aromatic heterocycles. The highest BCUT2D eigenvalue weighted by molar-refractivity contribution is 5.91. The summed E-state index contributed by atoms with van der Waals surface area (Å²) in [6.07, 6.45) is 1.60. The van der Waals surface area contributed by atoms with Crippen LogP contribution in [0.15, 0.2) is 0 Å². The van der Waals surface area contributed by atoms with Crippen LogP contribution in [0.5, 0.6) is 0 Å². The average Bonchev–Trinajstić information content (AvgIpc) is 2.59. The third kappa shape index (κ3) is 6.90. The second-order valence-corrected chi connectivity index (χ2v) is 11.9. The summed E-state index contributed by atoms with van der Waals surface area (Å²) in [7, 11) is 0. The number of hydroxylamine groups is 4. The Kier molecular flexibility index (Phi) is 8.64. The number of piperidine rings is 2. The van der Waals surface area contributed by atoms with E-state index in [-0.39, 0.29) is 40.8 Å². The molecule has 0 aromatic carbocycles. The molecule has 0 aromatic rings. The molecule has 0 aliphatic carbocycles. The zero-order valence-electron chi connectivity index (χ0n) is 22.4. The zero-order valence-corrected chi connectivity index (χ0v) is 22.4. The largest absolute Gasteiger partial charge is 0.462 e. The van der Waals surface area contributed by atoms with Crippen LogP contribution in [0.2, 0.25) is 0 Å². The van der Waals surface area contributed by atoms with Gasteiger partial charge in [-0.2, -0.15) is 10.1 Å². The lowest BCUT2D eigenvalue weighted by atomic mass is 9.80. The molecule has 0 bridgehead atoms. The van der Waals surface area contributed by atoms with Gasteiger partial charge in [0.1, 0.15) is 18.6 Å². The lowest BCUT2D eigenvalue weighted by molar-refractivity contribution is -0.291. The smallest absolute Gasteiger partial charge is 0.317 e. The van der Waals surface area contributed by atoms with Crippen LogP contribution < -0.4 is 0 Å². The summed E-state index contributed by atoms with van der Waals surface area (Å²) >= 11 is 0. The molecule has 192 valence electrons. The number of esters is 2. The minimum absolute atomic E-state index is 0.278. The van der Waals surface area contributed by atoms with Gasteiger partial charge in [-0.25, -0.2) is 0 Å². The summed E-state index contributed by atoms with van der Waals surface area (Å²) in [4.78, 5) is 36.9. The van der Waals surface area contributed by atoms with E-state index in [2.05, 4.69) is 55.4 Å². The molecule has 8 heteroatoms. The van der Waals surface area contributed by atoms with Gasteiger partial charge in [0.2, 0.25) is 0 Å². The normalized spacial score (nSPS) is 25.5. The zero-order chi connectivity index (χ0) is 25.2. The Morgan fingerprint density at radius 2 is 0.909 bits per heavy atom. The maximum atomic E-state index is 12.6. The molecule has 0 spiro atoms. The molecule has 8 nitrogen and oxygen atoms in total. The summed E-state index contributed by atoms with van der Waals surface area (Å²) in [6.45, 7) is 21.7. The van der Waals surface area contributed by atoms with Crippen LogP contribution >= 0.6 is 0 Å². The fourth-order valence-electron chi connectivity index (χ4n) is 6.04. The number of hydrogen-bond acceptors (Lipinski definition) is 8. The first kappa shape index (κ1) is 28.0. The summed E-state index contributed by atoms with van der Waals surface area (Å²) in [5, 5.41) is 4.02. The standard InChI is InChI=1S/C25H46N2O6/c1-11-30-26-22(3,4)14-18(15-23(26,5)6)32-20(28)13-21(29)33-19-16-24(7,8)27(31-12-2)25(9,10)17-19/h18-19H,11-17H2,1-10H3. The predicted molar refractivity (Wildman–Crippen MR) is 126 cm³/mol. The summed E-state index contributed by atoms with van der Waals surface area (Å²) in [5.74, 6) is -1.07. The van der Waals surface area contributed by atoms with Gasteiger partial charge < -0.3 is 9.47 Å². The molecular weight excluding hydrogens is 424 g/mol. The highest BCUT2D eigenvalue weighted by Crippen LogP contribution is 2.41. The van der Waals surface area contributed by atoms with Gasteiger partial charge in [-0.05, 0) is 69.2 Å². The Morgan fingerprint density at radius 1 is 0.636 bits per heavy atom. The van der Waals surface area contributed by atoms with E-state index in [1.807, 2.05) is 24.0 Å². The second kappa shape index (κ2) is 10.2. The highest BCUT2D eigenvalue weighted by atomic mass is 16.7. The van der Waals surface area contributed by atoms with Gasteiger partial charge in [0.25, 0.3) is 0 Å². The molecule has 2 saturated heterocycles. The van der Waals surface area contributed by atoms with Crippen LogP contribution in [0.3, 0.4) is 0 Å². The molecule has 2 heterocycles. The lowest BCUT2D eigenvalue weighted by Crippen LogP contribution is -2.62. The van der Waals surface area contributed by atoms with Crippen molar-refractivity contribution in [3.8, 4) is 0 Å². The molecule has 0 saturated carbocycles. The van der Waals surface area contributed by atoms with Gasteiger partial charge in [-0.1, -0.05) is 0 Å². The fraction of sp³-hybridized carbons (Fsp3) is 0.920. The Morgan fingerprint density at radius 3 is 1.15 bits per heavy atom. The quantitative estimate of drug-likeness (QED) is 0.381. The number of rotatable bonds is 8. The number of carbonyl (C=O) groups is 2. The minimum Gasteiger partial charge on any atom is -0.462 e. The first-order valence-electron chi connectivity index (χ1n) is 12.3. The van der Waals surface area contributed by atoms with Crippen molar-refractivity contribution in [1.82, 2.24) is 10.1 Å². The summed E-state index contributed by atoms with van der Waals surface area (Å²) in [6, 6.07) is 0. The van der Waals surface area contributed by atoms with E-state index >= 15 is 0 Å². The third-order valence-corrected chi connectivity index (χ3v) is 6.51. The first-order chi connectivity index (χ1) is 15.0. The van der Waals surface area contributed by atoms with E-state index in [1.165, 1.54) is 0 Å². The van der Waals surface area contributed by atoms with Crippen molar-refractivity contribution in [3.63, 3.8) is 0 Å². The van der Waals surface area contributed by atoms with Gasteiger partial charge in [0, 0.05) is 47.8 Å². The Bertz CT molecular complexity index is 609.